The normalized spacial score (nSPS) is 12.2. The van der Waals surface area contributed by atoms with Gasteiger partial charge in [0.1, 0.15) is 6.61 Å². The molecule has 0 saturated carbocycles. The fourth-order valence-electron chi connectivity index (χ4n) is 4.31. The molecule has 0 radical (unpaired) electrons. The Morgan fingerprint density at radius 3 is 2.31 bits per heavy atom. The van der Waals surface area contributed by atoms with Gasteiger partial charge < -0.3 is 14.7 Å². The van der Waals surface area contributed by atoms with Crippen LogP contribution in [-0.4, -0.2) is 52.2 Å². The van der Waals surface area contributed by atoms with Gasteiger partial charge in [0.05, 0.1) is 18.5 Å². The van der Waals surface area contributed by atoms with Crippen molar-refractivity contribution in [3.05, 3.63) is 70.7 Å². The average Bonchev–Trinajstić information content (AvgIpc) is 3.39. The number of thiazole rings is 1. The number of fused-ring (bicyclic) bond motifs is 3. The summed E-state index contributed by atoms with van der Waals surface area (Å²) in [4.78, 5) is 41.8. The lowest BCUT2D eigenvalue weighted by Gasteiger charge is -2.25. The van der Waals surface area contributed by atoms with Crippen molar-refractivity contribution in [1.29, 1.82) is 0 Å². The number of ether oxygens (including phenoxy) is 1. The van der Waals surface area contributed by atoms with Crippen LogP contribution in [0.1, 0.15) is 43.0 Å². The highest BCUT2D eigenvalue weighted by molar-refractivity contribution is 7.13. The van der Waals surface area contributed by atoms with Crippen molar-refractivity contribution in [2.24, 2.45) is 0 Å². The van der Waals surface area contributed by atoms with Gasteiger partial charge >= 0.3 is 12.1 Å². The lowest BCUT2D eigenvalue weighted by atomic mass is 9.98. The van der Waals surface area contributed by atoms with Crippen molar-refractivity contribution < 1.29 is 24.2 Å². The molecule has 0 aliphatic heterocycles. The van der Waals surface area contributed by atoms with Crippen molar-refractivity contribution in [1.82, 2.24) is 9.88 Å². The maximum absolute atomic E-state index is 12.6. The molecule has 4 rings (SSSR count). The number of amides is 2. The lowest BCUT2D eigenvalue weighted by molar-refractivity contribution is -0.139. The van der Waals surface area contributed by atoms with Gasteiger partial charge in [-0.25, -0.2) is 9.78 Å². The number of anilines is 1. The molecule has 2 aromatic carbocycles. The van der Waals surface area contributed by atoms with Crippen LogP contribution in [0.3, 0.4) is 0 Å². The van der Waals surface area contributed by atoms with Gasteiger partial charge in [-0.1, -0.05) is 48.5 Å². The van der Waals surface area contributed by atoms with Gasteiger partial charge in [0, 0.05) is 23.9 Å². The summed E-state index contributed by atoms with van der Waals surface area (Å²) in [6.07, 6.45) is -0.694. The lowest BCUT2D eigenvalue weighted by Crippen LogP contribution is -2.39. The van der Waals surface area contributed by atoms with Crippen LogP contribution >= 0.6 is 11.3 Å². The summed E-state index contributed by atoms with van der Waals surface area (Å²) < 4.78 is 5.54. The highest BCUT2D eigenvalue weighted by Gasteiger charge is 2.29. The summed E-state index contributed by atoms with van der Waals surface area (Å²) in [6, 6.07) is 16.1. The molecule has 35 heavy (non-hydrogen) atoms. The number of nitrogens with one attached hydrogen (secondary N) is 1. The Bertz CT molecular complexity index is 1190. The number of aromatic nitrogens is 1. The second-order valence-corrected chi connectivity index (χ2v) is 9.45. The van der Waals surface area contributed by atoms with Crippen molar-refractivity contribution in [2.75, 3.05) is 18.5 Å². The van der Waals surface area contributed by atoms with Gasteiger partial charge in [-0.15, -0.1) is 11.3 Å². The van der Waals surface area contributed by atoms with Gasteiger partial charge in [0.2, 0.25) is 5.91 Å². The molecule has 0 saturated heterocycles. The molecule has 1 aliphatic carbocycles. The fraction of sp³-hybridized carbons (Fsp3) is 0.308. The van der Waals surface area contributed by atoms with Gasteiger partial charge in [-0.2, -0.15) is 0 Å². The van der Waals surface area contributed by atoms with E-state index in [9.17, 15) is 14.4 Å². The number of carboxylic acids is 1. The second kappa shape index (κ2) is 10.7. The van der Waals surface area contributed by atoms with E-state index in [1.54, 1.807) is 5.38 Å². The zero-order valence-corrected chi connectivity index (χ0v) is 20.4. The second-order valence-electron chi connectivity index (χ2n) is 8.60. The van der Waals surface area contributed by atoms with Crippen molar-refractivity contribution in [2.45, 2.75) is 38.6 Å². The molecule has 2 N–H and O–H groups in total. The standard InChI is InChI=1S/C26H27N3O5S/c1-16(2)29(12-11-24(31)32)23(30)13-17-15-35-25(27-17)28-26(33)34-14-22-20-9-5-3-7-18(20)19-8-4-6-10-21(19)22/h3-10,15-16,22H,11-14H2,1-2H3,(H,31,32)(H,27,28,33). The Kier molecular flexibility index (Phi) is 7.45. The van der Waals surface area contributed by atoms with E-state index in [-0.39, 0.29) is 43.9 Å². The van der Waals surface area contributed by atoms with Crippen LogP contribution in [-0.2, 0) is 20.7 Å². The highest BCUT2D eigenvalue weighted by Crippen LogP contribution is 2.44. The minimum Gasteiger partial charge on any atom is -0.481 e. The first-order valence-corrected chi connectivity index (χ1v) is 12.3. The first-order valence-electron chi connectivity index (χ1n) is 11.4. The summed E-state index contributed by atoms with van der Waals surface area (Å²) in [6.45, 7) is 4.01. The molecule has 1 aromatic heterocycles. The van der Waals surface area contributed by atoms with Crippen LogP contribution < -0.4 is 5.32 Å². The first-order chi connectivity index (χ1) is 16.8. The largest absolute Gasteiger partial charge is 0.481 e. The zero-order valence-electron chi connectivity index (χ0n) is 19.6. The van der Waals surface area contributed by atoms with Crippen LogP contribution in [0.25, 0.3) is 11.1 Å². The Morgan fingerprint density at radius 1 is 1.09 bits per heavy atom. The van der Waals surface area contributed by atoms with E-state index in [0.29, 0.717) is 10.8 Å². The fourth-order valence-corrected chi connectivity index (χ4v) is 5.01. The summed E-state index contributed by atoms with van der Waals surface area (Å²) in [5, 5.41) is 13.6. The number of carbonyl (C=O) groups excluding carboxylic acids is 2. The van der Waals surface area contributed by atoms with E-state index in [0.717, 1.165) is 22.3 Å². The van der Waals surface area contributed by atoms with Crippen molar-refractivity contribution in [3.8, 4) is 11.1 Å². The number of hydrogen-bond acceptors (Lipinski definition) is 6. The molecule has 9 heteroatoms. The maximum Gasteiger partial charge on any atom is 0.413 e. The summed E-state index contributed by atoms with van der Waals surface area (Å²) in [5.41, 5.74) is 5.09. The minimum absolute atomic E-state index is 0.0284. The number of aliphatic carboxylic acids is 1. The van der Waals surface area contributed by atoms with E-state index >= 15 is 0 Å². The summed E-state index contributed by atoms with van der Waals surface area (Å²) in [7, 11) is 0. The van der Waals surface area contributed by atoms with E-state index < -0.39 is 12.1 Å². The quantitative estimate of drug-likeness (QED) is 0.445. The van der Waals surface area contributed by atoms with Crippen LogP contribution in [0.5, 0.6) is 0 Å². The van der Waals surface area contributed by atoms with Crippen LogP contribution in [0.2, 0.25) is 0 Å². The van der Waals surface area contributed by atoms with Gasteiger partial charge in [-0.3, -0.25) is 14.9 Å². The van der Waals surface area contributed by atoms with Crippen LogP contribution in [0, 0.1) is 0 Å². The molecule has 182 valence electrons. The molecule has 1 aliphatic rings. The van der Waals surface area contributed by atoms with Gasteiger partial charge in [0.25, 0.3) is 0 Å². The molecule has 0 fully saturated rings. The number of nitrogens with zero attached hydrogens (tertiary/aromatic N) is 2. The SMILES string of the molecule is CC(C)N(CCC(=O)O)C(=O)Cc1csc(NC(=O)OCC2c3ccccc3-c3ccccc32)n1. The third-order valence-electron chi connectivity index (χ3n) is 5.95. The first kappa shape index (κ1) is 24.4. The molecule has 0 spiro atoms. The zero-order chi connectivity index (χ0) is 24.9. The predicted octanol–water partition coefficient (Wildman–Crippen LogP) is 4.76. The van der Waals surface area contributed by atoms with E-state index in [4.69, 9.17) is 9.84 Å². The summed E-state index contributed by atoms with van der Waals surface area (Å²) >= 11 is 1.21. The van der Waals surface area contributed by atoms with Crippen LogP contribution in [0.4, 0.5) is 9.93 Å². The number of benzene rings is 2. The Balaban J connectivity index is 1.34. The number of carbonyl (C=O) groups is 3. The molecule has 8 nitrogen and oxygen atoms in total. The molecule has 0 atom stereocenters. The van der Waals surface area contributed by atoms with Crippen molar-refractivity contribution >= 4 is 34.4 Å². The Hall–Kier alpha value is -3.72. The molecule has 2 amide bonds. The molecule has 0 unspecified atom stereocenters. The molecular formula is C26H27N3O5S. The van der Waals surface area contributed by atoms with E-state index in [1.807, 2.05) is 38.1 Å². The molecular weight excluding hydrogens is 466 g/mol. The number of rotatable bonds is 9. The van der Waals surface area contributed by atoms with Gasteiger partial charge in [-0.05, 0) is 36.1 Å². The highest BCUT2D eigenvalue weighted by atomic mass is 32.1. The number of hydrogen-bond donors (Lipinski definition) is 2. The van der Waals surface area contributed by atoms with Gasteiger partial charge in [0.15, 0.2) is 5.13 Å². The summed E-state index contributed by atoms with van der Waals surface area (Å²) in [5.74, 6) is -1.20. The Labute approximate surface area is 207 Å². The molecule has 0 bridgehead atoms. The maximum atomic E-state index is 12.6. The average molecular weight is 494 g/mol. The molecule has 1 heterocycles. The van der Waals surface area contributed by atoms with Crippen molar-refractivity contribution in [3.63, 3.8) is 0 Å². The third kappa shape index (κ3) is 5.68. The monoisotopic (exact) mass is 493 g/mol. The van der Waals surface area contributed by atoms with Crippen LogP contribution in [0.15, 0.2) is 53.9 Å². The topological polar surface area (TPSA) is 109 Å². The minimum atomic E-state index is -0.952. The molecule has 3 aromatic rings. The number of carboxylic acid groups (broad SMARTS) is 1. The predicted molar refractivity (Wildman–Crippen MR) is 134 cm³/mol. The Morgan fingerprint density at radius 2 is 1.71 bits per heavy atom. The van der Waals surface area contributed by atoms with E-state index in [1.165, 1.54) is 16.2 Å². The third-order valence-corrected chi connectivity index (χ3v) is 6.75. The smallest absolute Gasteiger partial charge is 0.413 e. The van der Waals surface area contributed by atoms with E-state index in [2.05, 4.69) is 34.6 Å².